The number of halogens is 1. The third-order valence-electron chi connectivity index (χ3n) is 6.73. The molecule has 0 bridgehead atoms. The minimum absolute atomic E-state index is 0.0106. The standard InChI is InChI=1S/C29H24FN5O3/c1-34-16-27(32-33-34)24-14-25(24)28-26(29(36)37)15-31-35(28)22-9-3-6-19(12-22)20-7-4-10-23(13-20)38-17-18-5-2-8-21(30)11-18/h2-13,15-16,24-25H,14,17H2,1H3,(H,36,37). The molecule has 0 spiro atoms. The molecule has 1 aliphatic carbocycles. The highest BCUT2D eigenvalue weighted by Crippen LogP contribution is 2.55. The third kappa shape index (κ3) is 4.66. The molecule has 38 heavy (non-hydrogen) atoms. The highest BCUT2D eigenvalue weighted by molar-refractivity contribution is 5.89. The molecule has 0 amide bonds. The fourth-order valence-corrected chi connectivity index (χ4v) is 4.82. The number of aromatic nitrogens is 5. The number of ether oxygens (including phenoxy) is 1. The van der Waals surface area contributed by atoms with E-state index in [0.29, 0.717) is 11.4 Å². The normalized spacial score (nSPS) is 16.4. The van der Waals surface area contributed by atoms with Crippen LogP contribution in [-0.4, -0.2) is 35.9 Å². The van der Waals surface area contributed by atoms with Crippen LogP contribution in [0.1, 0.15) is 45.6 Å². The van der Waals surface area contributed by atoms with Crippen molar-refractivity contribution in [3.8, 4) is 22.6 Å². The minimum Gasteiger partial charge on any atom is -0.489 e. The maximum absolute atomic E-state index is 13.5. The predicted octanol–water partition coefficient (Wildman–Crippen LogP) is 5.36. The van der Waals surface area contributed by atoms with Crippen molar-refractivity contribution in [2.24, 2.45) is 7.05 Å². The monoisotopic (exact) mass is 509 g/mol. The minimum atomic E-state index is -1.00. The summed E-state index contributed by atoms with van der Waals surface area (Å²) in [6.07, 6.45) is 4.07. The van der Waals surface area contributed by atoms with E-state index in [1.54, 1.807) is 15.4 Å². The first-order valence-electron chi connectivity index (χ1n) is 12.2. The molecule has 2 unspecified atom stereocenters. The molecule has 0 radical (unpaired) electrons. The first kappa shape index (κ1) is 23.6. The lowest BCUT2D eigenvalue weighted by molar-refractivity contribution is 0.0695. The fraction of sp³-hybridized carbons (Fsp3) is 0.172. The zero-order chi connectivity index (χ0) is 26.2. The molecule has 2 heterocycles. The van der Waals surface area contributed by atoms with Crippen LogP contribution in [0.5, 0.6) is 5.75 Å². The Morgan fingerprint density at radius 2 is 1.84 bits per heavy atom. The molecular weight excluding hydrogens is 485 g/mol. The summed E-state index contributed by atoms with van der Waals surface area (Å²) in [6.45, 7) is 0.254. The number of benzene rings is 3. The van der Waals surface area contributed by atoms with Crippen molar-refractivity contribution in [3.63, 3.8) is 0 Å². The Morgan fingerprint density at radius 3 is 2.61 bits per heavy atom. The molecule has 9 heteroatoms. The highest BCUT2D eigenvalue weighted by atomic mass is 19.1. The molecule has 6 rings (SSSR count). The summed E-state index contributed by atoms with van der Waals surface area (Å²) in [4.78, 5) is 12.0. The smallest absolute Gasteiger partial charge is 0.339 e. The molecule has 190 valence electrons. The summed E-state index contributed by atoms with van der Waals surface area (Å²) >= 11 is 0. The van der Waals surface area contributed by atoms with Crippen LogP contribution >= 0.6 is 0 Å². The topological polar surface area (TPSA) is 95.1 Å². The molecule has 1 fully saturated rings. The second kappa shape index (κ2) is 9.59. The molecule has 3 aromatic carbocycles. The van der Waals surface area contributed by atoms with Crippen LogP contribution in [0.4, 0.5) is 4.39 Å². The van der Waals surface area contributed by atoms with E-state index >= 15 is 0 Å². The average molecular weight is 510 g/mol. The van der Waals surface area contributed by atoms with E-state index in [4.69, 9.17) is 4.74 Å². The van der Waals surface area contributed by atoms with Gasteiger partial charge in [0.25, 0.3) is 0 Å². The SMILES string of the molecule is Cn1cc(C2CC2c2c(C(=O)O)cnn2-c2cccc(-c3cccc(OCc4cccc(F)c4)c3)c2)nn1. The van der Waals surface area contributed by atoms with E-state index in [1.807, 2.05) is 67.8 Å². The Labute approximate surface area is 217 Å². The number of hydrogen-bond acceptors (Lipinski definition) is 5. The van der Waals surface area contributed by atoms with Crippen molar-refractivity contribution in [1.82, 2.24) is 24.8 Å². The van der Waals surface area contributed by atoms with Gasteiger partial charge in [0.1, 0.15) is 23.7 Å². The van der Waals surface area contributed by atoms with E-state index in [-0.39, 0.29) is 29.8 Å². The van der Waals surface area contributed by atoms with Crippen LogP contribution in [0.25, 0.3) is 16.8 Å². The molecule has 2 atom stereocenters. The van der Waals surface area contributed by atoms with Crippen LogP contribution in [0, 0.1) is 5.82 Å². The van der Waals surface area contributed by atoms with E-state index in [1.165, 1.54) is 18.3 Å². The van der Waals surface area contributed by atoms with E-state index in [9.17, 15) is 14.3 Å². The molecule has 0 saturated heterocycles. The highest BCUT2D eigenvalue weighted by Gasteiger charge is 2.46. The lowest BCUT2D eigenvalue weighted by Gasteiger charge is -2.12. The number of carbonyl (C=O) groups is 1. The molecule has 8 nitrogen and oxygen atoms in total. The van der Waals surface area contributed by atoms with Crippen molar-refractivity contribution in [2.75, 3.05) is 0 Å². The van der Waals surface area contributed by atoms with Gasteiger partial charge in [0.05, 0.1) is 23.3 Å². The van der Waals surface area contributed by atoms with Gasteiger partial charge in [-0.1, -0.05) is 41.6 Å². The fourth-order valence-electron chi connectivity index (χ4n) is 4.82. The summed E-state index contributed by atoms with van der Waals surface area (Å²) < 4.78 is 22.8. The Bertz CT molecular complexity index is 1640. The molecule has 1 aliphatic rings. The van der Waals surface area contributed by atoms with Crippen molar-refractivity contribution in [1.29, 1.82) is 0 Å². The van der Waals surface area contributed by atoms with E-state index in [0.717, 1.165) is 34.5 Å². The lowest BCUT2D eigenvalue weighted by atomic mass is 10.0. The van der Waals surface area contributed by atoms with Crippen molar-refractivity contribution in [2.45, 2.75) is 24.9 Å². The molecule has 5 aromatic rings. The van der Waals surface area contributed by atoms with Gasteiger partial charge in [-0.25, -0.2) is 13.9 Å². The number of nitrogens with zero attached hydrogens (tertiary/aromatic N) is 5. The van der Waals surface area contributed by atoms with Gasteiger partial charge in [-0.3, -0.25) is 4.68 Å². The van der Waals surface area contributed by atoms with Gasteiger partial charge in [0, 0.05) is 25.1 Å². The van der Waals surface area contributed by atoms with Crippen molar-refractivity contribution >= 4 is 5.97 Å². The number of rotatable bonds is 8. The zero-order valence-corrected chi connectivity index (χ0v) is 20.5. The van der Waals surface area contributed by atoms with Crippen LogP contribution in [0.2, 0.25) is 0 Å². The summed E-state index contributed by atoms with van der Waals surface area (Å²) in [5, 5.41) is 22.6. The number of aryl methyl sites for hydroxylation is 1. The van der Waals surface area contributed by atoms with Gasteiger partial charge in [0.2, 0.25) is 0 Å². The first-order chi connectivity index (χ1) is 18.5. The van der Waals surface area contributed by atoms with E-state index < -0.39 is 5.97 Å². The number of hydrogen-bond donors (Lipinski definition) is 1. The molecule has 1 N–H and O–H groups in total. The lowest BCUT2D eigenvalue weighted by Crippen LogP contribution is -2.06. The molecular formula is C29H24FN5O3. The van der Waals surface area contributed by atoms with E-state index in [2.05, 4.69) is 15.4 Å². The van der Waals surface area contributed by atoms with Gasteiger partial charge in [-0.2, -0.15) is 5.10 Å². The Balaban J connectivity index is 1.28. The Hall–Kier alpha value is -4.79. The van der Waals surface area contributed by atoms with Crippen LogP contribution in [0.3, 0.4) is 0 Å². The molecule has 1 saturated carbocycles. The molecule has 2 aromatic heterocycles. The maximum atomic E-state index is 13.5. The maximum Gasteiger partial charge on any atom is 0.339 e. The zero-order valence-electron chi connectivity index (χ0n) is 20.5. The summed E-state index contributed by atoms with van der Waals surface area (Å²) in [6, 6.07) is 21.8. The van der Waals surface area contributed by atoms with Crippen LogP contribution < -0.4 is 4.74 Å². The van der Waals surface area contributed by atoms with Crippen molar-refractivity contribution < 1.29 is 19.0 Å². The summed E-state index contributed by atoms with van der Waals surface area (Å²) in [5.74, 6) is -0.545. The van der Waals surface area contributed by atoms with Gasteiger partial charge >= 0.3 is 5.97 Å². The van der Waals surface area contributed by atoms with Gasteiger partial charge in [-0.15, -0.1) is 5.10 Å². The predicted molar refractivity (Wildman–Crippen MR) is 138 cm³/mol. The Kier molecular flexibility index (Phi) is 5.95. The second-order valence-electron chi connectivity index (χ2n) is 9.42. The second-order valence-corrected chi connectivity index (χ2v) is 9.42. The Morgan fingerprint density at radius 1 is 1.05 bits per heavy atom. The quantitative estimate of drug-likeness (QED) is 0.303. The van der Waals surface area contributed by atoms with Crippen molar-refractivity contribution in [3.05, 3.63) is 114 Å². The summed E-state index contributed by atoms with van der Waals surface area (Å²) in [7, 11) is 1.81. The molecule has 0 aliphatic heterocycles. The van der Waals surface area contributed by atoms with Crippen LogP contribution in [-0.2, 0) is 13.7 Å². The number of carboxylic acid groups (broad SMARTS) is 1. The third-order valence-corrected chi connectivity index (χ3v) is 6.73. The first-order valence-corrected chi connectivity index (χ1v) is 12.2. The largest absolute Gasteiger partial charge is 0.489 e. The van der Waals surface area contributed by atoms with Crippen LogP contribution in [0.15, 0.2) is 85.2 Å². The van der Waals surface area contributed by atoms with Gasteiger partial charge in [-0.05, 0) is 59.5 Å². The number of carboxylic acids is 1. The average Bonchev–Trinajstić information content (AvgIpc) is 3.36. The van der Waals surface area contributed by atoms with Gasteiger partial charge < -0.3 is 9.84 Å². The summed E-state index contributed by atoms with van der Waals surface area (Å²) in [5.41, 5.74) is 5.08. The van der Waals surface area contributed by atoms with Gasteiger partial charge in [0.15, 0.2) is 0 Å². The number of aromatic carboxylic acids is 1.